The normalized spacial score (nSPS) is 11.9. The van der Waals surface area contributed by atoms with Gasteiger partial charge in [-0.15, -0.1) is 0 Å². The quantitative estimate of drug-likeness (QED) is 0.487. The van der Waals surface area contributed by atoms with Crippen LogP contribution >= 0.6 is 0 Å². The van der Waals surface area contributed by atoms with Crippen LogP contribution in [0.25, 0.3) is 0 Å². The van der Waals surface area contributed by atoms with Gasteiger partial charge < -0.3 is 8.85 Å². The van der Waals surface area contributed by atoms with Gasteiger partial charge in [0, 0.05) is 6.61 Å². The summed E-state index contributed by atoms with van der Waals surface area (Å²) in [4.78, 5) is 0. The Morgan fingerprint density at radius 1 is 1.11 bits per heavy atom. The molecule has 1 rings (SSSR count). The van der Waals surface area contributed by atoms with E-state index in [2.05, 4.69) is 52.1 Å². The monoisotopic (exact) mass is 280 g/mol. The average Bonchev–Trinajstić information content (AvgIpc) is 2.34. The second kappa shape index (κ2) is 7.71. The highest BCUT2D eigenvalue weighted by Crippen LogP contribution is 2.28. The minimum atomic E-state index is -2.07. The molecular weight excluding hydrogens is 252 g/mol. The second-order valence-electron chi connectivity index (χ2n) is 5.75. The Labute approximate surface area is 119 Å². The summed E-state index contributed by atoms with van der Waals surface area (Å²) in [5.74, 6) is 1.46. The maximum absolute atomic E-state index is 6.19. The van der Waals surface area contributed by atoms with E-state index in [9.17, 15) is 0 Å². The van der Waals surface area contributed by atoms with Crippen molar-refractivity contribution < 1.29 is 8.85 Å². The van der Waals surface area contributed by atoms with E-state index in [1.54, 1.807) is 0 Å². The minimum Gasteiger partial charge on any atom is -0.520 e. The summed E-state index contributed by atoms with van der Waals surface area (Å²) in [6.45, 7) is 11.7. The number of rotatable bonds is 8. The van der Waals surface area contributed by atoms with Crippen molar-refractivity contribution in [1.82, 2.24) is 0 Å². The summed E-state index contributed by atoms with van der Waals surface area (Å²) in [6.07, 6.45) is 3.58. The van der Waals surface area contributed by atoms with Crippen LogP contribution in [0.1, 0.15) is 51.5 Å². The zero-order chi connectivity index (χ0) is 14.3. The summed E-state index contributed by atoms with van der Waals surface area (Å²) in [5, 5.41) is 0. The van der Waals surface area contributed by atoms with Gasteiger partial charge in [-0.3, -0.25) is 0 Å². The van der Waals surface area contributed by atoms with Crippen LogP contribution in [0.5, 0.6) is 5.75 Å². The molecule has 0 aliphatic heterocycles. The van der Waals surface area contributed by atoms with Crippen LogP contribution in [0, 0.1) is 0 Å². The molecular formula is C16H28O2Si. The molecule has 0 aromatic heterocycles. The lowest BCUT2D eigenvalue weighted by Gasteiger charge is -2.26. The predicted octanol–water partition coefficient (Wildman–Crippen LogP) is 5.10. The van der Waals surface area contributed by atoms with E-state index in [0.717, 1.165) is 18.8 Å². The molecule has 2 nitrogen and oxygen atoms in total. The van der Waals surface area contributed by atoms with Gasteiger partial charge in [0.25, 0.3) is 0 Å². The molecule has 0 N–H and O–H groups in total. The highest BCUT2D eigenvalue weighted by Gasteiger charge is 2.27. The van der Waals surface area contributed by atoms with Crippen molar-refractivity contribution in [2.24, 2.45) is 0 Å². The largest absolute Gasteiger partial charge is 0.520 e. The number of unbranched alkanes of at least 4 members (excludes halogenated alkanes) is 2. The number of hydrogen-bond donors (Lipinski definition) is 0. The van der Waals surface area contributed by atoms with E-state index in [-0.39, 0.29) is 0 Å². The molecule has 0 atom stereocenters. The molecule has 0 unspecified atom stereocenters. The number of benzene rings is 1. The molecule has 0 spiro atoms. The van der Waals surface area contributed by atoms with Crippen molar-refractivity contribution in [2.45, 2.75) is 59.0 Å². The fourth-order valence-electron chi connectivity index (χ4n) is 2.01. The number of hydrogen-bond acceptors (Lipinski definition) is 2. The number of para-hydroxylation sites is 1. The average molecular weight is 280 g/mol. The maximum Gasteiger partial charge on any atom is 0.392 e. The second-order valence-corrected chi connectivity index (χ2v) is 9.04. The van der Waals surface area contributed by atoms with Crippen molar-refractivity contribution in [3.8, 4) is 5.75 Å². The van der Waals surface area contributed by atoms with Crippen molar-refractivity contribution in [1.29, 1.82) is 0 Å². The van der Waals surface area contributed by atoms with Gasteiger partial charge in [0.1, 0.15) is 5.75 Å². The third kappa shape index (κ3) is 5.79. The van der Waals surface area contributed by atoms with E-state index in [0.29, 0.717) is 5.92 Å². The summed E-state index contributed by atoms with van der Waals surface area (Å²) in [7, 11) is -2.07. The summed E-state index contributed by atoms with van der Waals surface area (Å²) >= 11 is 0. The van der Waals surface area contributed by atoms with Gasteiger partial charge in [-0.1, -0.05) is 51.8 Å². The molecule has 1 aromatic rings. The van der Waals surface area contributed by atoms with E-state index in [1.165, 1.54) is 18.4 Å². The first-order chi connectivity index (χ1) is 8.96. The molecule has 0 fully saturated rings. The summed E-state index contributed by atoms with van der Waals surface area (Å²) < 4.78 is 12.2. The molecule has 0 radical (unpaired) electrons. The highest BCUT2D eigenvalue weighted by molar-refractivity contribution is 6.65. The molecule has 0 saturated carbocycles. The van der Waals surface area contributed by atoms with E-state index < -0.39 is 8.56 Å². The smallest absolute Gasteiger partial charge is 0.392 e. The molecule has 0 saturated heterocycles. The van der Waals surface area contributed by atoms with Gasteiger partial charge in [-0.25, -0.2) is 0 Å². The Kier molecular flexibility index (Phi) is 6.59. The minimum absolute atomic E-state index is 0.473. The SMILES string of the molecule is CCCCCO[Si](C)(C)Oc1ccccc1C(C)C. The Morgan fingerprint density at radius 3 is 2.42 bits per heavy atom. The zero-order valence-electron chi connectivity index (χ0n) is 13.0. The van der Waals surface area contributed by atoms with E-state index >= 15 is 0 Å². The highest BCUT2D eigenvalue weighted by atomic mass is 28.4. The van der Waals surface area contributed by atoms with Crippen molar-refractivity contribution in [3.05, 3.63) is 29.8 Å². The molecule has 0 heterocycles. The summed E-state index contributed by atoms with van der Waals surface area (Å²) in [5.41, 5.74) is 1.26. The summed E-state index contributed by atoms with van der Waals surface area (Å²) in [6, 6.07) is 8.29. The standard InChI is InChI=1S/C16H28O2Si/c1-6-7-10-13-17-19(4,5)18-16-12-9-8-11-15(16)14(2)3/h8-9,11-12,14H,6-7,10,13H2,1-5H3. The first-order valence-corrected chi connectivity index (χ1v) is 10.2. The lowest BCUT2D eigenvalue weighted by atomic mass is 10.0. The van der Waals surface area contributed by atoms with Crippen LogP contribution in [-0.2, 0) is 4.43 Å². The van der Waals surface area contributed by atoms with Crippen LogP contribution in [0.3, 0.4) is 0 Å². The van der Waals surface area contributed by atoms with E-state index in [4.69, 9.17) is 8.85 Å². The first kappa shape index (κ1) is 16.3. The van der Waals surface area contributed by atoms with Gasteiger partial charge in [0.05, 0.1) is 0 Å². The molecule has 19 heavy (non-hydrogen) atoms. The van der Waals surface area contributed by atoms with Crippen LogP contribution in [0.15, 0.2) is 24.3 Å². The van der Waals surface area contributed by atoms with Gasteiger partial charge in [0.15, 0.2) is 0 Å². The molecule has 0 amide bonds. The van der Waals surface area contributed by atoms with Crippen LogP contribution in [0.2, 0.25) is 13.1 Å². The predicted molar refractivity (Wildman–Crippen MR) is 84.1 cm³/mol. The van der Waals surface area contributed by atoms with Gasteiger partial charge >= 0.3 is 8.56 Å². The van der Waals surface area contributed by atoms with Crippen LogP contribution in [-0.4, -0.2) is 15.2 Å². The molecule has 3 heteroatoms. The third-order valence-corrected chi connectivity index (χ3v) is 4.71. The molecule has 1 aromatic carbocycles. The van der Waals surface area contributed by atoms with Gasteiger partial charge in [0.2, 0.25) is 0 Å². The maximum atomic E-state index is 6.19. The van der Waals surface area contributed by atoms with Crippen LogP contribution in [0.4, 0.5) is 0 Å². The van der Waals surface area contributed by atoms with Crippen molar-refractivity contribution in [3.63, 3.8) is 0 Å². The zero-order valence-corrected chi connectivity index (χ0v) is 14.0. The fraction of sp³-hybridized carbons (Fsp3) is 0.625. The van der Waals surface area contributed by atoms with Crippen molar-refractivity contribution in [2.75, 3.05) is 6.61 Å². The first-order valence-electron chi connectivity index (χ1n) is 7.38. The fourth-order valence-corrected chi connectivity index (χ4v) is 3.43. The Balaban J connectivity index is 2.61. The molecule has 0 aliphatic rings. The van der Waals surface area contributed by atoms with E-state index in [1.807, 2.05) is 6.07 Å². The van der Waals surface area contributed by atoms with Gasteiger partial charge in [-0.05, 0) is 37.1 Å². The lowest BCUT2D eigenvalue weighted by molar-refractivity contribution is 0.241. The molecule has 108 valence electrons. The topological polar surface area (TPSA) is 18.5 Å². The van der Waals surface area contributed by atoms with Gasteiger partial charge in [-0.2, -0.15) is 0 Å². The van der Waals surface area contributed by atoms with Crippen LogP contribution < -0.4 is 4.43 Å². The lowest BCUT2D eigenvalue weighted by Crippen LogP contribution is -2.39. The Morgan fingerprint density at radius 2 is 1.79 bits per heavy atom. The Bertz CT molecular complexity index is 375. The van der Waals surface area contributed by atoms with Crippen molar-refractivity contribution >= 4 is 8.56 Å². The third-order valence-electron chi connectivity index (χ3n) is 3.09. The molecule has 0 aliphatic carbocycles. The molecule has 0 bridgehead atoms. The Hall–Kier alpha value is -0.803.